The van der Waals surface area contributed by atoms with Gasteiger partial charge in [0, 0.05) is 13.5 Å². The minimum atomic E-state index is 0.259. The maximum absolute atomic E-state index is 10.1. The van der Waals surface area contributed by atoms with Crippen molar-refractivity contribution in [2.24, 2.45) is 4.99 Å². The number of thioether (sulfide) groups is 1. The molecule has 0 aliphatic rings. The molecule has 0 amide bonds. The number of thiol groups is 1. The molecule has 12 heavy (non-hydrogen) atoms. The molecule has 0 heterocycles. The van der Waals surface area contributed by atoms with Crippen molar-refractivity contribution in [3.05, 3.63) is 0 Å². The van der Waals surface area contributed by atoms with Gasteiger partial charge in [0.05, 0.1) is 0 Å². The van der Waals surface area contributed by atoms with Crippen LogP contribution in [0.15, 0.2) is 4.99 Å². The number of hydrogen-bond acceptors (Lipinski definition) is 5. The van der Waals surface area contributed by atoms with Crippen molar-refractivity contribution in [2.75, 3.05) is 19.6 Å². The number of carbonyl (C=O) groups is 1. The molecule has 0 rings (SSSR count). The number of rotatable bonds is 1. The molecule has 0 fully saturated rings. The fourth-order valence-corrected chi connectivity index (χ4v) is 0.433. The molecule has 0 bridgehead atoms. The third kappa shape index (κ3) is 33.1. The van der Waals surface area contributed by atoms with Gasteiger partial charge in [-0.3, -0.25) is 4.79 Å². The van der Waals surface area contributed by atoms with Crippen LogP contribution < -0.4 is 0 Å². The Morgan fingerprint density at radius 2 is 1.92 bits per heavy atom. The Labute approximate surface area is 83.4 Å². The van der Waals surface area contributed by atoms with E-state index in [0.29, 0.717) is 6.42 Å². The van der Waals surface area contributed by atoms with Crippen LogP contribution in [0.25, 0.3) is 0 Å². The number of carbonyl (C=O) groups excluding carboxylic acids is 2. The summed E-state index contributed by atoms with van der Waals surface area (Å²) in [6, 6.07) is 0. The molecule has 0 spiro atoms. The van der Waals surface area contributed by atoms with E-state index < -0.39 is 0 Å². The lowest BCUT2D eigenvalue weighted by Gasteiger charge is -1.81. The smallest absolute Gasteiger partial charge is 0.234 e. The van der Waals surface area contributed by atoms with Gasteiger partial charge in [-0.05, 0) is 12.5 Å². The normalized spacial score (nSPS) is 6.08. The van der Waals surface area contributed by atoms with E-state index in [2.05, 4.69) is 17.6 Å². The molecule has 0 aromatic rings. The first-order valence-electron chi connectivity index (χ1n) is 3.20. The lowest BCUT2D eigenvalue weighted by atomic mass is 10.6. The zero-order valence-corrected chi connectivity index (χ0v) is 9.54. The quantitative estimate of drug-likeness (QED) is 0.407. The highest BCUT2D eigenvalue weighted by atomic mass is 32.2. The van der Waals surface area contributed by atoms with Gasteiger partial charge < -0.3 is 0 Å². The van der Waals surface area contributed by atoms with E-state index in [1.165, 1.54) is 24.9 Å². The average molecular weight is 209 g/mol. The van der Waals surface area contributed by atoms with E-state index in [1.807, 2.05) is 6.92 Å². The summed E-state index contributed by atoms with van der Waals surface area (Å²) in [5.74, 6) is 0. The maximum atomic E-state index is 10.1. The summed E-state index contributed by atoms with van der Waals surface area (Å²) in [5, 5.41) is 0.259. The van der Waals surface area contributed by atoms with Crippen molar-refractivity contribution in [3.63, 3.8) is 0 Å². The second-order valence-electron chi connectivity index (χ2n) is 1.24. The monoisotopic (exact) mass is 209 g/mol. The molecule has 0 N–H and O–H groups in total. The van der Waals surface area contributed by atoms with Crippen LogP contribution in [0, 0.1) is 0 Å². The molecule has 5 heteroatoms. The number of hydrogen-bond donors (Lipinski definition) is 1. The number of nitrogens with zero attached hydrogens (tertiary/aromatic N) is 1. The zero-order chi connectivity index (χ0) is 10.4. The third-order valence-electron chi connectivity index (χ3n) is 0.608. The van der Waals surface area contributed by atoms with E-state index >= 15 is 0 Å². The Morgan fingerprint density at radius 3 is 1.92 bits per heavy atom. The SMILES string of the molecule is CCC(=O)SC.CN=C=O.CS. The van der Waals surface area contributed by atoms with Crippen molar-refractivity contribution < 1.29 is 9.59 Å². The first-order chi connectivity index (χ1) is 5.72. The fourth-order valence-electron chi connectivity index (χ4n) is 0.144. The molecule has 0 atom stereocenters. The Morgan fingerprint density at radius 1 is 1.58 bits per heavy atom. The van der Waals surface area contributed by atoms with Crippen LogP contribution in [0.2, 0.25) is 0 Å². The Kier molecular flexibility index (Phi) is 33.1. The van der Waals surface area contributed by atoms with Gasteiger partial charge in [-0.1, -0.05) is 18.7 Å². The molecule has 0 saturated heterocycles. The second-order valence-corrected chi connectivity index (χ2v) is 2.11. The molecule has 0 aromatic carbocycles. The summed E-state index contributed by atoms with van der Waals surface area (Å²) >= 11 is 4.81. The van der Waals surface area contributed by atoms with Gasteiger partial charge in [0.1, 0.15) is 0 Å². The van der Waals surface area contributed by atoms with Crippen molar-refractivity contribution >= 4 is 35.6 Å². The van der Waals surface area contributed by atoms with E-state index in [-0.39, 0.29) is 5.12 Å². The first kappa shape index (κ1) is 17.7. The summed E-state index contributed by atoms with van der Waals surface area (Å²) in [6.07, 6.45) is 5.45. The minimum Gasteiger partial charge on any atom is -0.287 e. The maximum Gasteiger partial charge on any atom is 0.234 e. The topological polar surface area (TPSA) is 46.5 Å². The Bertz CT molecular complexity index is 127. The predicted molar refractivity (Wildman–Crippen MR) is 57.8 cm³/mol. The van der Waals surface area contributed by atoms with Gasteiger partial charge in [0.2, 0.25) is 6.08 Å². The van der Waals surface area contributed by atoms with Crippen LogP contribution in [-0.2, 0) is 9.59 Å². The molecule has 0 unspecified atom stereocenters. The average Bonchev–Trinajstić information content (AvgIpc) is 2.20. The van der Waals surface area contributed by atoms with Crippen LogP contribution >= 0.6 is 24.4 Å². The van der Waals surface area contributed by atoms with Crippen LogP contribution in [0.4, 0.5) is 0 Å². The summed E-state index contributed by atoms with van der Waals surface area (Å²) in [7, 11) is 1.38. The molecule has 72 valence electrons. The van der Waals surface area contributed by atoms with Crippen LogP contribution in [0.1, 0.15) is 13.3 Å². The van der Waals surface area contributed by atoms with Gasteiger partial charge in [-0.2, -0.15) is 12.6 Å². The lowest BCUT2D eigenvalue weighted by molar-refractivity contribution is -0.110. The molecule has 3 nitrogen and oxygen atoms in total. The predicted octanol–water partition coefficient (Wildman–Crippen LogP) is 1.78. The molecule has 0 radical (unpaired) electrons. The van der Waals surface area contributed by atoms with Gasteiger partial charge in [-0.25, -0.2) is 9.79 Å². The lowest BCUT2D eigenvalue weighted by Crippen LogP contribution is -1.81. The van der Waals surface area contributed by atoms with E-state index in [4.69, 9.17) is 4.79 Å². The van der Waals surface area contributed by atoms with Crippen molar-refractivity contribution in [3.8, 4) is 0 Å². The highest BCUT2D eigenvalue weighted by molar-refractivity contribution is 8.13. The standard InChI is InChI=1S/C4H8OS.C2H3NO.CH4S/c1-3-4(5)6-2;1-3-2-4;1-2/h3H2,1-2H3;1H3;2H,1H3. The molecular weight excluding hydrogens is 194 g/mol. The van der Waals surface area contributed by atoms with Crippen LogP contribution in [0.5, 0.6) is 0 Å². The van der Waals surface area contributed by atoms with Gasteiger partial charge in [0.15, 0.2) is 5.12 Å². The third-order valence-corrected chi connectivity index (χ3v) is 1.35. The summed E-state index contributed by atoms with van der Waals surface area (Å²) in [5.41, 5.74) is 0. The van der Waals surface area contributed by atoms with Crippen molar-refractivity contribution in [2.45, 2.75) is 13.3 Å². The molecular formula is C7H15NO2S2. The minimum absolute atomic E-state index is 0.259. The van der Waals surface area contributed by atoms with Gasteiger partial charge >= 0.3 is 0 Å². The molecule has 0 aromatic heterocycles. The summed E-state index contributed by atoms with van der Waals surface area (Å²) in [6.45, 7) is 1.86. The highest BCUT2D eigenvalue weighted by Crippen LogP contribution is 1.95. The van der Waals surface area contributed by atoms with E-state index in [1.54, 1.807) is 12.5 Å². The number of aliphatic imine (C=N–C) groups is 1. The fraction of sp³-hybridized carbons (Fsp3) is 0.714. The number of isocyanates is 1. The zero-order valence-electron chi connectivity index (χ0n) is 7.83. The van der Waals surface area contributed by atoms with E-state index in [9.17, 15) is 4.79 Å². The van der Waals surface area contributed by atoms with Crippen LogP contribution in [0.3, 0.4) is 0 Å². The van der Waals surface area contributed by atoms with Crippen molar-refractivity contribution in [1.29, 1.82) is 0 Å². The van der Waals surface area contributed by atoms with Crippen LogP contribution in [-0.4, -0.2) is 30.8 Å². The first-order valence-corrected chi connectivity index (χ1v) is 5.32. The molecule has 0 aliphatic heterocycles. The van der Waals surface area contributed by atoms with E-state index in [0.717, 1.165) is 0 Å². The van der Waals surface area contributed by atoms with Gasteiger partial charge in [-0.15, -0.1) is 0 Å². The Balaban J connectivity index is -0.000000118. The largest absolute Gasteiger partial charge is 0.287 e. The summed E-state index contributed by atoms with van der Waals surface area (Å²) < 4.78 is 0. The summed E-state index contributed by atoms with van der Waals surface area (Å²) in [4.78, 5) is 22.0. The molecule has 0 saturated carbocycles. The second kappa shape index (κ2) is 22.4. The van der Waals surface area contributed by atoms with Gasteiger partial charge in [0.25, 0.3) is 0 Å². The highest BCUT2D eigenvalue weighted by Gasteiger charge is 1.87. The van der Waals surface area contributed by atoms with Crippen molar-refractivity contribution in [1.82, 2.24) is 0 Å². The molecule has 0 aliphatic carbocycles. The Hall–Kier alpha value is -0.250.